The smallest absolute Gasteiger partial charge is 0.313 e. The molecular formula is C20H30N4O3. The van der Waals surface area contributed by atoms with Crippen LogP contribution in [0.5, 0.6) is 0 Å². The van der Waals surface area contributed by atoms with E-state index in [0.717, 1.165) is 31.9 Å². The van der Waals surface area contributed by atoms with Crippen molar-refractivity contribution in [2.24, 2.45) is 0 Å². The molecule has 7 heteroatoms. The zero-order chi connectivity index (χ0) is 19.1. The second kappa shape index (κ2) is 9.71. The summed E-state index contributed by atoms with van der Waals surface area (Å²) in [5.41, 5.74) is 1.65. The number of likely N-dealkylation sites (tertiary alicyclic amines) is 1. The maximum absolute atomic E-state index is 12.2. The second-order valence-electron chi connectivity index (χ2n) is 7.24. The highest BCUT2D eigenvalue weighted by molar-refractivity contribution is 6.39. The summed E-state index contributed by atoms with van der Waals surface area (Å²) < 4.78 is 5.37. The number of nitrogens with zero attached hydrogens (tertiary/aromatic N) is 2. The average molecular weight is 374 g/mol. The third kappa shape index (κ3) is 5.68. The normalized spacial score (nSPS) is 20.9. The molecule has 2 aliphatic rings. The molecule has 2 saturated heterocycles. The third-order valence-corrected chi connectivity index (χ3v) is 5.31. The third-order valence-electron chi connectivity index (χ3n) is 5.31. The molecule has 2 aliphatic heterocycles. The molecule has 2 amide bonds. The molecular weight excluding hydrogens is 344 g/mol. The summed E-state index contributed by atoms with van der Waals surface area (Å²) in [4.78, 5) is 28.8. The fourth-order valence-corrected chi connectivity index (χ4v) is 3.67. The molecule has 0 saturated carbocycles. The lowest BCUT2D eigenvalue weighted by Gasteiger charge is -2.33. The number of hydrogen-bond donors (Lipinski definition) is 2. The number of morpholine rings is 1. The van der Waals surface area contributed by atoms with Gasteiger partial charge in [-0.2, -0.15) is 0 Å². The summed E-state index contributed by atoms with van der Waals surface area (Å²) in [6.45, 7) is 7.62. The van der Waals surface area contributed by atoms with E-state index >= 15 is 0 Å². The first-order valence-corrected chi connectivity index (χ1v) is 9.89. The number of hydrogen-bond acceptors (Lipinski definition) is 5. The van der Waals surface area contributed by atoms with Gasteiger partial charge >= 0.3 is 11.8 Å². The Kier molecular flexibility index (Phi) is 7.06. The van der Waals surface area contributed by atoms with E-state index in [4.69, 9.17) is 4.74 Å². The average Bonchev–Trinajstić information content (AvgIpc) is 2.70. The lowest BCUT2D eigenvalue weighted by molar-refractivity contribution is -0.136. The van der Waals surface area contributed by atoms with E-state index in [1.54, 1.807) is 6.07 Å². The number of nitrogens with one attached hydrogen (secondary N) is 2. The van der Waals surface area contributed by atoms with Gasteiger partial charge in [0.25, 0.3) is 0 Å². The number of carbonyl (C=O) groups is 2. The number of rotatable bonds is 5. The number of piperidine rings is 1. The molecule has 0 bridgehead atoms. The van der Waals surface area contributed by atoms with Crippen LogP contribution in [-0.4, -0.2) is 68.7 Å². The van der Waals surface area contributed by atoms with Crippen LogP contribution in [0, 0.1) is 0 Å². The van der Waals surface area contributed by atoms with Crippen LogP contribution in [0.3, 0.4) is 0 Å². The molecule has 0 aliphatic carbocycles. The second-order valence-corrected chi connectivity index (χ2v) is 7.24. The Morgan fingerprint density at radius 2 is 1.96 bits per heavy atom. The fourth-order valence-electron chi connectivity index (χ4n) is 3.67. The molecule has 27 heavy (non-hydrogen) atoms. The molecule has 2 N–H and O–H groups in total. The predicted octanol–water partition coefficient (Wildman–Crippen LogP) is 1.45. The van der Waals surface area contributed by atoms with Crippen LogP contribution in [-0.2, 0) is 14.3 Å². The van der Waals surface area contributed by atoms with Crippen LogP contribution in [0.2, 0.25) is 0 Å². The van der Waals surface area contributed by atoms with E-state index in [0.29, 0.717) is 31.5 Å². The molecule has 0 aromatic heterocycles. The van der Waals surface area contributed by atoms with Gasteiger partial charge in [-0.15, -0.1) is 0 Å². The minimum Gasteiger partial charge on any atom is -0.378 e. The maximum atomic E-state index is 12.2. The summed E-state index contributed by atoms with van der Waals surface area (Å²) in [5, 5.41) is 5.42. The van der Waals surface area contributed by atoms with E-state index in [9.17, 15) is 9.59 Å². The van der Waals surface area contributed by atoms with Gasteiger partial charge in [-0.05, 0) is 44.5 Å². The van der Waals surface area contributed by atoms with Gasteiger partial charge in [0, 0.05) is 43.6 Å². The SMILES string of the molecule is CC1CCCCN1CCNC(=O)C(=O)Nc1cccc(N2CCOCC2)c1. The maximum Gasteiger partial charge on any atom is 0.313 e. The minimum atomic E-state index is -0.624. The van der Waals surface area contributed by atoms with Gasteiger partial charge in [0.15, 0.2) is 0 Å². The lowest BCUT2D eigenvalue weighted by atomic mass is 10.0. The van der Waals surface area contributed by atoms with Crippen molar-refractivity contribution in [2.75, 3.05) is 56.2 Å². The summed E-state index contributed by atoms with van der Waals surface area (Å²) in [5.74, 6) is -1.21. The first kappa shape index (κ1) is 19.6. The Bertz CT molecular complexity index is 646. The predicted molar refractivity (Wildman–Crippen MR) is 106 cm³/mol. The molecule has 1 aromatic rings. The highest BCUT2D eigenvalue weighted by Gasteiger charge is 2.19. The molecule has 3 rings (SSSR count). The molecule has 0 radical (unpaired) electrons. The highest BCUT2D eigenvalue weighted by atomic mass is 16.5. The summed E-state index contributed by atoms with van der Waals surface area (Å²) >= 11 is 0. The van der Waals surface area contributed by atoms with Crippen molar-refractivity contribution in [3.8, 4) is 0 Å². The largest absolute Gasteiger partial charge is 0.378 e. The number of amides is 2. The number of anilines is 2. The summed E-state index contributed by atoms with van der Waals surface area (Å²) in [6, 6.07) is 8.13. The Morgan fingerprint density at radius 3 is 2.74 bits per heavy atom. The lowest BCUT2D eigenvalue weighted by Crippen LogP contribution is -2.44. The highest BCUT2D eigenvalue weighted by Crippen LogP contribution is 2.20. The van der Waals surface area contributed by atoms with Gasteiger partial charge in [-0.3, -0.25) is 14.5 Å². The van der Waals surface area contributed by atoms with Crippen molar-refractivity contribution in [3.05, 3.63) is 24.3 Å². The minimum absolute atomic E-state index is 0.490. The van der Waals surface area contributed by atoms with Gasteiger partial charge in [0.1, 0.15) is 0 Å². The number of ether oxygens (including phenoxy) is 1. The summed E-state index contributed by atoms with van der Waals surface area (Å²) in [6.07, 6.45) is 3.68. The Balaban J connectivity index is 1.45. The molecule has 1 atom stereocenters. The van der Waals surface area contributed by atoms with Crippen LogP contribution in [0.1, 0.15) is 26.2 Å². The quantitative estimate of drug-likeness (QED) is 0.763. The molecule has 7 nitrogen and oxygen atoms in total. The molecule has 0 spiro atoms. The van der Waals surface area contributed by atoms with Crippen LogP contribution in [0.15, 0.2) is 24.3 Å². The molecule has 1 aromatic carbocycles. The van der Waals surface area contributed by atoms with Crippen LogP contribution in [0.4, 0.5) is 11.4 Å². The van der Waals surface area contributed by atoms with Crippen molar-refractivity contribution >= 4 is 23.2 Å². The van der Waals surface area contributed by atoms with E-state index in [2.05, 4.69) is 27.4 Å². The van der Waals surface area contributed by atoms with Gasteiger partial charge in [-0.1, -0.05) is 12.5 Å². The van der Waals surface area contributed by atoms with E-state index < -0.39 is 11.8 Å². The van der Waals surface area contributed by atoms with Crippen molar-refractivity contribution in [2.45, 2.75) is 32.2 Å². The van der Waals surface area contributed by atoms with E-state index in [1.807, 2.05) is 18.2 Å². The molecule has 1 unspecified atom stereocenters. The topological polar surface area (TPSA) is 73.9 Å². The zero-order valence-electron chi connectivity index (χ0n) is 16.1. The monoisotopic (exact) mass is 374 g/mol. The first-order chi connectivity index (χ1) is 13.1. The van der Waals surface area contributed by atoms with Gasteiger partial charge in [0.05, 0.1) is 13.2 Å². The Hall–Kier alpha value is -2.12. The number of carbonyl (C=O) groups excluding carboxylic acids is 2. The van der Waals surface area contributed by atoms with Crippen molar-refractivity contribution < 1.29 is 14.3 Å². The van der Waals surface area contributed by atoms with Crippen LogP contribution in [0.25, 0.3) is 0 Å². The Labute approximate surface area is 161 Å². The first-order valence-electron chi connectivity index (χ1n) is 9.89. The van der Waals surface area contributed by atoms with Gasteiger partial charge in [-0.25, -0.2) is 0 Å². The zero-order valence-corrected chi connectivity index (χ0v) is 16.1. The standard InChI is InChI=1S/C20H30N4O3/c1-16-5-2-3-9-23(16)10-8-21-19(25)20(26)22-17-6-4-7-18(15-17)24-11-13-27-14-12-24/h4,6-7,15-16H,2-3,5,8-14H2,1H3,(H,21,25)(H,22,26). The van der Waals surface area contributed by atoms with E-state index in [-0.39, 0.29) is 0 Å². The van der Waals surface area contributed by atoms with E-state index in [1.165, 1.54) is 19.3 Å². The molecule has 2 fully saturated rings. The number of benzene rings is 1. The Morgan fingerprint density at radius 1 is 1.15 bits per heavy atom. The summed E-state index contributed by atoms with van der Waals surface area (Å²) in [7, 11) is 0. The van der Waals surface area contributed by atoms with Gasteiger partial charge < -0.3 is 20.3 Å². The van der Waals surface area contributed by atoms with Gasteiger partial charge in [0.2, 0.25) is 0 Å². The molecule has 148 valence electrons. The van der Waals surface area contributed by atoms with Crippen molar-refractivity contribution in [3.63, 3.8) is 0 Å². The van der Waals surface area contributed by atoms with Crippen molar-refractivity contribution in [1.82, 2.24) is 10.2 Å². The van der Waals surface area contributed by atoms with Crippen LogP contribution >= 0.6 is 0 Å². The fraction of sp³-hybridized carbons (Fsp3) is 0.600. The van der Waals surface area contributed by atoms with Crippen LogP contribution < -0.4 is 15.5 Å². The van der Waals surface area contributed by atoms with Crippen molar-refractivity contribution in [1.29, 1.82) is 0 Å². The molecule has 2 heterocycles.